The van der Waals surface area contributed by atoms with Gasteiger partial charge in [0.25, 0.3) is 0 Å². The number of halogens is 8. The first kappa shape index (κ1) is 33.4. The van der Waals surface area contributed by atoms with Crippen LogP contribution in [0.15, 0.2) is 42.5 Å². The largest absolute Gasteiger partial charge is 0.416 e. The molecule has 232 valence electrons. The molecule has 1 heterocycles. The van der Waals surface area contributed by atoms with Gasteiger partial charge in [0.1, 0.15) is 5.82 Å². The number of hydrogen-bond donors (Lipinski definition) is 1. The minimum absolute atomic E-state index is 0. The molecule has 4 rings (SSSR count). The average Bonchev–Trinajstić information content (AvgIpc) is 3.36. The van der Waals surface area contributed by atoms with Gasteiger partial charge in [0.15, 0.2) is 0 Å². The smallest absolute Gasteiger partial charge is 0.340 e. The molecule has 0 unspecified atom stereocenters. The lowest BCUT2D eigenvalue weighted by molar-refractivity contribution is -0.143. The van der Waals surface area contributed by atoms with E-state index in [0.29, 0.717) is 43.4 Å². The number of alkyl halides is 6. The van der Waals surface area contributed by atoms with E-state index in [1.165, 1.54) is 36.2 Å². The maximum absolute atomic E-state index is 13.7. The molecule has 2 aromatic rings. The molecule has 0 aromatic heterocycles. The Hall–Kier alpha value is -3.06. The van der Waals surface area contributed by atoms with Crippen molar-refractivity contribution < 1.29 is 40.3 Å². The third-order valence-corrected chi connectivity index (χ3v) is 8.07. The van der Waals surface area contributed by atoms with Crippen LogP contribution >= 0.6 is 12.4 Å². The number of likely N-dealkylation sites (tertiary alicyclic amines) is 1. The fourth-order valence-corrected chi connectivity index (χ4v) is 5.64. The van der Waals surface area contributed by atoms with Gasteiger partial charge in [0, 0.05) is 50.7 Å². The van der Waals surface area contributed by atoms with Gasteiger partial charge >= 0.3 is 18.4 Å². The Kier molecular flexibility index (Phi) is 10.1. The Morgan fingerprint density at radius 2 is 1.38 bits per heavy atom. The van der Waals surface area contributed by atoms with Crippen molar-refractivity contribution in [2.75, 3.05) is 32.1 Å². The molecule has 0 spiro atoms. The molecule has 1 aliphatic carbocycles. The van der Waals surface area contributed by atoms with Crippen molar-refractivity contribution in [2.24, 2.45) is 11.7 Å². The van der Waals surface area contributed by atoms with Crippen molar-refractivity contribution in [1.29, 1.82) is 0 Å². The van der Waals surface area contributed by atoms with Crippen LogP contribution in [0.4, 0.5) is 41.2 Å². The summed E-state index contributed by atoms with van der Waals surface area (Å²) in [6.07, 6.45) is -7.50. The first-order chi connectivity index (χ1) is 19.1. The molecule has 1 saturated heterocycles. The Bertz CT molecular complexity index is 1230. The van der Waals surface area contributed by atoms with Gasteiger partial charge in [-0.2, -0.15) is 26.3 Å². The van der Waals surface area contributed by atoms with Gasteiger partial charge in [0.05, 0.1) is 17.2 Å². The molecule has 0 bridgehead atoms. The van der Waals surface area contributed by atoms with Crippen molar-refractivity contribution in [2.45, 2.75) is 56.0 Å². The number of likely N-dealkylation sites (N-methyl/N-ethyl adjacent to an activating group) is 1. The normalized spacial score (nSPS) is 22.9. The molecule has 0 radical (unpaired) electrons. The van der Waals surface area contributed by atoms with Crippen LogP contribution in [0.5, 0.6) is 0 Å². The number of nitrogens with zero attached hydrogens (tertiary/aromatic N) is 3. The third kappa shape index (κ3) is 7.28. The van der Waals surface area contributed by atoms with E-state index in [1.807, 2.05) is 0 Å². The number of nitrogens with two attached hydrogens (primary N) is 1. The van der Waals surface area contributed by atoms with Crippen LogP contribution in [0.3, 0.4) is 0 Å². The number of urea groups is 1. The molecule has 2 N–H and O–H groups in total. The number of rotatable bonds is 4. The van der Waals surface area contributed by atoms with Crippen LogP contribution in [0.25, 0.3) is 0 Å². The number of carbonyl (C=O) groups is 2. The summed E-state index contributed by atoms with van der Waals surface area (Å²) < 4.78 is 94.1. The monoisotopic (exact) mass is 624 g/mol. The first-order valence-electron chi connectivity index (χ1n) is 13.2. The van der Waals surface area contributed by atoms with Crippen molar-refractivity contribution in [3.05, 3.63) is 65.0 Å². The zero-order chi connectivity index (χ0) is 30.3. The average molecular weight is 625 g/mol. The lowest BCUT2D eigenvalue weighted by atomic mass is 9.85. The number of anilines is 1. The summed E-state index contributed by atoms with van der Waals surface area (Å²) in [5.74, 6) is -1.30. The second kappa shape index (κ2) is 12.7. The summed E-state index contributed by atoms with van der Waals surface area (Å²) in [7, 11) is 2.47. The van der Waals surface area contributed by atoms with Crippen LogP contribution in [-0.2, 0) is 17.1 Å². The predicted octanol–water partition coefficient (Wildman–Crippen LogP) is 6.29. The van der Waals surface area contributed by atoms with Crippen LogP contribution < -0.4 is 10.6 Å². The Morgan fingerprint density at radius 3 is 1.88 bits per heavy atom. The molecule has 3 amide bonds. The third-order valence-electron chi connectivity index (χ3n) is 8.07. The highest BCUT2D eigenvalue weighted by atomic mass is 35.5. The molecular formula is C28H32ClF7N4O2. The summed E-state index contributed by atoms with van der Waals surface area (Å²) >= 11 is 0. The number of hydrogen-bond acceptors (Lipinski definition) is 3. The molecule has 42 heavy (non-hydrogen) atoms. The maximum Gasteiger partial charge on any atom is 0.416 e. The van der Waals surface area contributed by atoms with E-state index in [0.717, 1.165) is 11.9 Å². The van der Waals surface area contributed by atoms with Crippen LogP contribution in [0.1, 0.15) is 48.3 Å². The topological polar surface area (TPSA) is 69.9 Å². The van der Waals surface area contributed by atoms with E-state index in [4.69, 9.17) is 5.73 Å². The zero-order valence-electron chi connectivity index (χ0n) is 22.9. The quantitative estimate of drug-likeness (QED) is 0.407. The lowest BCUT2D eigenvalue weighted by Gasteiger charge is -2.33. The fraction of sp³-hybridized carbons (Fsp3) is 0.500. The summed E-state index contributed by atoms with van der Waals surface area (Å²) in [6.45, 7) is 0.302. The van der Waals surface area contributed by atoms with E-state index in [-0.39, 0.29) is 49.4 Å². The van der Waals surface area contributed by atoms with Gasteiger partial charge in [-0.1, -0.05) is 12.1 Å². The molecule has 1 aliphatic heterocycles. The van der Waals surface area contributed by atoms with Crippen molar-refractivity contribution in [3.8, 4) is 0 Å². The molecular weight excluding hydrogens is 593 g/mol. The van der Waals surface area contributed by atoms with E-state index in [9.17, 15) is 40.3 Å². The summed E-state index contributed by atoms with van der Waals surface area (Å²) in [5.41, 5.74) is 2.93. The predicted molar refractivity (Wildman–Crippen MR) is 145 cm³/mol. The minimum Gasteiger partial charge on any atom is -0.340 e. The summed E-state index contributed by atoms with van der Waals surface area (Å²) in [4.78, 5) is 30.5. The highest BCUT2D eigenvalue weighted by Crippen LogP contribution is 2.39. The number of amides is 3. The van der Waals surface area contributed by atoms with E-state index in [2.05, 4.69) is 0 Å². The molecule has 2 fully saturated rings. The first-order valence-corrected chi connectivity index (χ1v) is 13.2. The second-order valence-corrected chi connectivity index (χ2v) is 10.8. The van der Waals surface area contributed by atoms with Crippen molar-refractivity contribution in [1.82, 2.24) is 9.80 Å². The standard InChI is InChI=1S/C28H31F7N4O2.ClH/c1-37(22-12-18(27(30,31)32)11-19(13-22)28(33,34)35)26(41)38(2)24-15-39(25(40)17-5-9-21(36)10-6-17)14-23(24)16-3-7-20(29)8-4-16;/h3-4,7-8,11-13,17,21,23-24H,5-6,9-10,14-15,36H2,1-2H3;1H/t17?,21?,23-,24+;/m0./s1. The highest BCUT2D eigenvalue weighted by Gasteiger charge is 2.43. The van der Waals surface area contributed by atoms with Crippen molar-refractivity contribution >= 4 is 30.0 Å². The van der Waals surface area contributed by atoms with Gasteiger partial charge in [-0.05, 0) is 61.6 Å². The van der Waals surface area contributed by atoms with Crippen LogP contribution in [0, 0.1) is 11.7 Å². The Morgan fingerprint density at radius 1 is 0.857 bits per heavy atom. The second-order valence-electron chi connectivity index (χ2n) is 10.8. The summed E-state index contributed by atoms with van der Waals surface area (Å²) in [6, 6.07) is 5.00. The minimum atomic E-state index is -5.07. The van der Waals surface area contributed by atoms with Crippen LogP contribution in [0.2, 0.25) is 0 Å². The SMILES string of the molecule is CN(C(=O)N(C)[C@@H]1CN(C(=O)C2CCC(N)CC2)C[C@H]1c1ccc(F)cc1)c1cc(C(F)(F)F)cc(C(F)(F)F)c1.Cl. The molecule has 2 aliphatic rings. The van der Waals surface area contributed by atoms with Gasteiger partial charge in [-0.25, -0.2) is 9.18 Å². The Balaban J connectivity index is 0.00000484. The molecule has 2 aromatic carbocycles. The van der Waals surface area contributed by atoms with Gasteiger partial charge < -0.3 is 15.5 Å². The van der Waals surface area contributed by atoms with Crippen LogP contribution in [-0.4, -0.2) is 61.0 Å². The maximum atomic E-state index is 13.7. The van der Waals surface area contributed by atoms with Crippen molar-refractivity contribution in [3.63, 3.8) is 0 Å². The molecule has 14 heteroatoms. The molecule has 1 saturated carbocycles. The zero-order valence-corrected chi connectivity index (χ0v) is 23.7. The van der Waals surface area contributed by atoms with Gasteiger partial charge in [0.2, 0.25) is 5.91 Å². The number of carbonyl (C=O) groups excluding carboxylic acids is 2. The molecule has 2 atom stereocenters. The Labute approximate surface area is 245 Å². The molecule has 6 nitrogen and oxygen atoms in total. The lowest BCUT2D eigenvalue weighted by Crippen LogP contribution is -2.48. The number of benzene rings is 2. The highest BCUT2D eigenvalue weighted by molar-refractivity contribution is 5.92. The van der Waals surface area contributed by atoms with E-state index in [1.54, 1.807) is 4.90 Å². The summed E-state index contributed by atoms with van der Waals surface area (Å²) in [5, 5.41) is 0. The van der Waals surface area contributed by atoms with E-state index >= 15 is 0 Å². The fourth-order valence-electron chi connectivity index (χ4n) is 5.64. The van der Waals surface area contributed by atoms with Gasteiger partial charge in [-0.3, -0.25) is 9.69 Å². The van der Waals surface area contributed by atoms with Gasteiger partial charge in [-0.15, -0.1) is 12.4 Å². The van der Waals surface area contributed by atoms with E-state index < -0.39 is 53.0 Å².